The summed E-state index contributed by atoms with van der Waals surface area (Å²) in [4.78, 5) is 31.7. The van der Waals surface area contributed by atoms with Crippen molar-refractivity contribution in [2.45, 2.75) is 33.1 Å². The van der Waals surface area contributed by atoms with Crippen molar-refractivity contribution in [3.05, 3.63) is 71.1 Å². The van der Waals surface area contributed by atoms with Crippen molar-refractivity contribution in [2.24, 2.45) is 0 Å². The largest absolute Gasteiger partial charge is 0.444 e. The molecule has 3 aromatic rings. The van der Waals surface area contributed by atoms with E-state index in [9.17, 15) is 9.59 Å². The van der Waals surface area contributed by atoms with Crippen LogP contribution in [-0.2, 0) is 6.42 Å². The normalized spacial score (nSPS) is 13.2. The van der Waals surface area contributed by atoms with Gasteiger partial charge < -0.3 is 20.0 Å². The summed E-state index contributed by atoms with van der Waals surface area (Å²) in [7, 11) is 0. The van der Waals surface area contributed by atoms with Crippen molar-refractivity contribution >= 4 is 17.6 Å². The van der Waals surface area contributed by atoms with Crippen LogP contribution in [0.15, 0.2) is 53.1 Å². The van der Waals surface area contributed by atoms with Gasteiger partial charge in [0.25, 0.3) is 5.91 Å². The number of carbonyl (C=O) groups is 2. The number of oxazole rings is 1. The molecule has 0 atom stereocenters. The average molecular weight is 433 g/mol. The maximum Gasteiger partial charge on any atom is 0.319 e. The highest BCUT2D eigenvalue weighted by Crippen LogP contribution is 2.24. The molecule has 1 aliphatic rings. The molecule has 0 spiro atoms. The SMILES string of the molecule is Cc1ccc(-c2nc(CCNC(=O)Nc3c(C)cccc3C(=O)N3CCCC3)co2)cc1. The van der Waals surface area contributed by atoms with Gasteiger partial charge in [0.1, 0.15) is 6.26 Å². The van der Waals surface area contributed by atoms with E-state index in [1.807, 2.05) is 55.1 Å². The highest BCUT2D eigenvalue weighted by atomic mass is 16.3. The number of amides is 3. The molecule has 0 radical (unpaired) electrons. The molecule has 32 heavy (non-hydrogen) atoms. The van der Waals surface area contributed by atoms with Gasteiger partial charge in [0.15, 0.2) is 0 Å². The summed E-state index contributed by atoms with van der Waals surface area (Å²) in [6.45, 7) is 5.84. The predicted octanol–water partition coefficient (Wildman–Crippen LogP) is 4.56. The lowest BCUT2D eigenvalue weighted by Crippen LogP contribution is -2.33. The van der Waals surface area contributed by atoms with Gasteiger partial charge in [-0.1, -0.05) is 29.8 Å². The number of urea groups is 1. The molecule has 1 aliphatic heterocycles. The van der Waals surface area contributed by atoms with Crippen LogP contribution in [0.5, 0.6) is 0 Å². The quantitative estimate of drug-likeness (QED) is 0.598. The molecule has 1 fully saturated rings. The number of anilines is 1. The fourth-order valence-electron chi connectivity index (χ4n) is 3.81. The Morgan fingerprint density at radius 1 is 1.06 bits per heavy atom. The molecule has 0 saturated carbocycles. The number of likely N-dealkylation sites (tertiary alicyclic amines) is 1. The predicted molar refractivity (Wildman–Crippen MR) is 124 cm³/mol. The minimum atomic E-state index is -0.350. The number of para-hydroxylation sites is 1. The fourth-order valence-corrected chi connectivity index (χ4v) is 3.81. The van der Waals surface area contributed by atoms with Crippen LogP contribution in [0.3, 0.4) is 0 Å². The molecular formula is C25H28N4O3. The third kappa shape index (κ3) is 4.99. The molecule has 2 N–H and O–H groups in total. The van der Waals surface area contributed by atoms with Crippen molar-refractivity contribution in [2.75, 3.05) is 25.0 Å². The first kappa shape index (κ1) is 21.6. The minimum Gasteiger partial charge on any atom is -0.444 e. The van der Waals surface area contributed by atoms with Gasteiger partial charge >= 0.3 is 6.03 Å². The van der Waals surface area contributed by atoms with Crippen LogP contribution in [0, 0.1) is 13.8 Å². The number of aromatic nitrogens is 1. The summed E-state index contributed by atoms with van der Waals surface area (Å²) >= 11 is 0. The maximum absolute atomic E-state index is 12.9. The number of nitrogens with one attached hydrogen (secondary N) is 2. The van der Waals surface area contributed by atoms with Gasteiger partial charge in [-0.3, -0.25) is 4.79 Å². The van der Waals surface area contributed by atoms with Crippen LogP contribution < -0.4 is 10.6 Å². The van der Waals surface area contributed by atoms with Gasteiger partial charge in [-0.05, 0) is 50.5 Å². The summed E-state index contributed by atoms with van der Waals surface area (Å²) in [5.41, 5.74) is 4.80. The third-order valence-electron chi connectivity index (χ3n) is 5.65. The van der Waals surface area contributed by atoms with Gasteiger partial charge in [0.05, 0.1) is 16.9 Å². The molecule has 0 aliphatic carbocycles. The number of rotatable bonds is 6. The van der Waals surface area contributed by atoms with Crippen molar-refractivity contribution in [3.8, 4) is 11.5 Å². The fraction of sp³-hybridized carbons (Fsp3) is 0.320. The molecule has 1 saturated heterocycles. The van der Waals surface area contributed by atoms with Crippen molar-refractivity contribution in [1.82, 2.24) is 15.2 Å². The Kier molecular flexibility index (Phi) is 6.54. The highest BCUT2D eigenvalue weighted by molar-refractivity contribution is 6.04. The van der Waals surface area contributed by atoms with Crippen LogP contribution in [0.2, 0.25) is 0 Å². The zero-order valence-corrected chi connectivity index (χ0v) is 18.5. The maximum atomic E-state index is 12.9. The third-order valence-corrected chi connectivity index (χ3v) is 5.65. The highest BCUT2D eigenvalue weighted by Gasteiger charge is 2.23. The first-order valence-corrected chi connectivity index (χ1v) is 11.0. The number of carbonyl (C=O) groups excluding carboxylic acids is 2. The molecule has 166 valence electrons. The molecule has 7 heteroatoms. The van der Waals surface area contributed by atoms with Crippen molar-refractivity contribution in [3.63, 3.8) is 0 Å². The second-order valence-electron chi connectivity index (χ2n) is 8.14. The second-order valence-corrected chi connectivity index (χ2v) is 8.14. The topological polar surface area (TPSA) is 87.5 Å². The molecule has 2 aromatic carbocycles. The van der Waals surface area contributed by atoms with Crippen LogP contribution in [0.25, 0.3) is 11.5 Å². The average Bonchev–Trinajstić information content (AvgIpc) is 3.48. The van der Waals surface area contributed by atoms with E-state index in [0.717, 1.165) is 42.8 Å². The van der Waals surface area contributed by atoms with Crippen LogP contribution in [-0.4, -0.2) is 41.5 Å². The Morgan fingerprint density at radius 2 is 1.81 bits per heavy atom. The van der Waals surface area contributed by atoms with Crippen LogP contribution in [0.1, 0.15) is 40.0 Å². The number of hydrogen-bond donors (Lipinski definition) is 2. The Bertz CT molecular complexity index is 1100. The minimum absolute atomic E-state index is 0.0345. The number of hydrogen-bond acceptors (Lipinski definition) is 4. The molecular weight excluding hydrogens is 404 g/mol. The van der Waals surface area contributed by atoms with Gasteiger partial charge in [-0.15, -0.1) is 0 Å². The summed E-state index contributed by atoms with van der Waals surface area (Å²) in [5, 5.41) is 5.71. The number of aryl methyl sites for hydroxylation is 2. The van der Waals surface area contributed by atoms with Gasteiger partial charge in [-0.2, -0.15) is 0 Å². The molecule has 1 aromatic heterocycles. The first-order valence-electron chi connectivity index (χ1n) is 11.0. The Labute approximate surface area is 187 Å². The number of benzene rings is 2. The van der Waals surface area contributed by atoms with E-state index in [1.54, 1.807) is 12.3 Å². The summed E-state index contributed by atoms with van der Waals surface area (Å²) in [6.07, 6.45) is 4.20. The van der Waals surface area contributed by atoms with Crippen molar-refractivity contribution < 1.29 is 14.0 Å². The molecule has 0 bridgehead atoms. The van der Waals surface area contributed by atoms with Gasteiger partial charge in [-0.25, -0.2) is 9.78 Å². The Morgan fingerprint density at radius 3 is 2.56 bits per heavy atom. The van der Waals surface area contributed by atoms with E-state index >= 15 is 0 Å². The smallest absolute Gasteiger partial charge is 0.319 e. The van der Waals surface area contributed by atoms with E-state index in [4.69, 9.17) is 4.42 Å². The second kappa shape index (κ2) is 9.68. The van der Waals surface area contributed by atoms with E-state index in [1.165, 1.54) is 5.56 Å². The standard InChI is InChI=1S/C25H28N4O3/c1-17-8-10-19(11-9-17)23-27-20(16-32-23)12-13-26-25(31)28-22-18(2)6-5-7-21(22)24(30)29-14-3-4-15-29/h5-11,16H,3-4,12-15H2,1-2H3,(H2,26,28,31). The van der Waals surface area contributed by atoms with Gasteiger partial charge in [0.2, 0.25) is 5.89 Å². The molecule has 0 unspecified atom stereocenters. The summed E-state index contributed by atoms with van der Waals surface area (Å²) in [5.74, 6) is 0.530. The first-order chi connectivity index (χ1) is 15.5. The van der Waals surface area contributed by atoms with E-state index < -0.39 is 0 Å². The zero-order valence-electron chi connectivity index (χ0n) is 18.5. The lowest BCUT2D eigenvalue weighted by atomic mass is 10.1. The summed E-state index contributed by atoms with van der Waals surface area (Å²) in [6, 6.07) is 13.1. The van der Waals surface area contributed by atoms with Crippen LogP contribution in [0.4, 0.5) is 10.5 Å². The molecule has 2 heterocycles. The van der Waals surface area contributed by atoms with E-state index in [0.29, 0.717) is 30.1 Å². The molecule has 4 rings (SSSR count). The molecule has 3 amide bonds. The monoisotopic (exact) mass is 432 g/mol. The lowest BCUT2D eigenvalue weighted by Gasteiger charge is -2.19. The Hall–Kier alpha value is -3.61. The van der Waals surface area contributed by atoms with Crippen LogP contribution >= 0.6 is 0 Å². The van der Waals surface area contributed by atoms with E-state index in [-0.39, 0.29) is 11.9 Å². The number of nitrogens with zero attached hydrogens (tertiary/aromatic N) is 2. The summed E-state index contributed by atoms with van der Waals surface area (Å²) < 4.78 is 5.57. The van der Waals surface area contributed by atoms with E-state index in [2.05, 4.69) is 15.6 Å². The van der Waals surface area contributed by atoms with Crippen molar-refractivity contribution in [1.29, 1.82) is 0 Å². The lowest BCUT2D eigenvalue weighted by molar-refractivity contribution is 0.0793. The van der Waals surface area contributed by atoms with Gasteiger partial charge in [0, 0.05) is 31.6 Å². The molecule has 7 nitrogen and oxygen atoms in total. The Balaban J connectivity index is 1.34. The zero-order chi connectivity index (χ0) is 22.5.